The van der Waals surface area contributed by atoms with E-state index in [-0.39, 0.29) is 5.91 Å². The van der Waals surface area contributed by atoms with Crippen molar-refractivity contribution in [2.45, 2.75) is 20.0 Å². The minimum atomic E-state index is -0.870. The standard InChI is InChI=1S/C17H16INO3/c1-11-6-3-4-9-15(11)19-16(20)12(2)22-17(21)13-7-5-8-14(18)10-13/h3-10,12H,1-2H3,(H,19,20)/t12-/m0/s1. The summed E-state index contributed by atoms with van der Waals surface area (Å²) in [6.45, 7) is 3.46. The predicted octanol–water partition coefficient (Wildman–Crippen LogP) is 3.78. The molecule has 4 nitrogen and oxygen atoms in total. The van der Waals surface area contributed by atoms with Gasteiger partial charge in [-0.25, -0.2) is 4.79 Å². The van der Waals surface area contributed by atoms with Gasteiger partial charge in [-0.15, -0.1) is 0 Å². The number of halogens is 1. The summed E-state index contributed by atoms with van der Waals surface area (Å²) in [6.07, 6.45) is -0.870. The second-order valence-corrected chi connectivity index (χ2v) is 6.11. The van der Waals surface area contributed by atoms with Gasteiger partial charge in [0.2, 0.25) is 0 Å². The lowest BCUT2D eigenvalue weighted by molar-refractivity contribution is -0.123. The molecule has 2 aromatic rings. The van der Waals surface area contributed by atoms with E-state index in [1.807, 2.05) is 31.2 Å². The summed E-state index contributed by atoms with van der Waals surface area (Å²) in [4.78, 5) is 24.1. The van der Waals surface area contributed by atoms with E-state index >= 15 is 0 Å². The second kappa shape index (κ2) is 7.40. The Morgan fingerprint density at radius 2 is 1.86 bits per heavy atom. The number of hydrogen-bond acceptors (Lipinski definition) is 3. The molecule has 0 saturated heterocycles. The van der Waals surface area contributed by atoms with Crippen molar-refractivity contribution in [2.24, 2.45) is 0 Å². The van der Waals surface area contributed by atoms with Crippen LogP contribution in [0, 0.1) is 10.5 Å². The molecule has 0 heterocycles. The van der Waals surface area contributed by atoms with Crippen LogP contribution in [0.4, 0.5) is 5.69 Å². The first-order chi connectivity index (χ1) is 10.5. The SMILES string of the molecule is Cc1ccccc1NC(=O)[C@H](C)OC(=O)c1cccc(I)c1. The molecule has 0 unspecified atom stereocenters. The molecule has 0 radical (unpaired) electrons. The monoisotopic (exact) mass is 409 g/mol. The minimum Gasteiger partial charge on any atom is -0.449 e. The molecule has 0 saturated carbocycles. The highest BCUT2D eigenvalue weighted by molar-refractivity contribution is 14.1. The van der Waals surface area contributed by atoms with Crippen LogP contribution in [-0.4, -0.2) is 18.0 Å². The molecule has 2 rings (SSSR count). The van der Waals surface area contributed by atoms with Gasteiger partial charge < -0.3 is 10.1 Å². The Kier molecular flexibility index (Phi) is 5.54. The van der Waals surface area contributed by atoms with Crippen molar-refractivity contribution in [1.29, 1.82) is 0 Å². The molecule has 0 aliphatic heterocycles. The number of esters is 1. The first kappa shape index (κ1) is 16.5. The number of benzene rings is 2. The maximum atomic E-state index is 12.1. The van der Waals surface area contributed by atoms with E-state index in [9.17, 15) is 9.59 Å². The molecule has 0 aliphatic carbocycles. The molecule has 1 N–H and O–H groups in total. The third-order valence-electron chi connectivity index (χ3n) is 3.12. The molecule has 0 aliphatic rings. The Morgan fingerprint density at radius 1 is 1.14 bits per heavy atom. The van der Waals surface area contributed by atoms with E-state index in [1.165, 1.54) is 0 Å². The van der Waals surface area contributed by atoms with Gasteiger partial charge in [0.15, 0.2) is 6.10 Å². The minimum absolute atomic E-state index is 0.353. The number of para-hydroxylation sites is 1. The molecule has 0 spiro atoms. The van der Waals surface area contributed by atoms with E-state index in [0.717, 1.165) is 9.13 Å². The fraction of sp³-hybridized carbons (Fsp3) is 0.176. The smallest absolute Gasteiger partial charge is 0.338 e. The molecule has 1 amide bonds. The third kappa shape index (κ3) is 4.30. The lowest BCUT2D eigenvalue weighted by Gasteiger charge is -2.14. The summed E-state index contributed by atoms with van der Waals surface area (Å²) in [5, 5.41) is 2.76. The zero-order valence-corrected chi connectivity index (χ0v) is 14.5. The van der Waals surface area contributed by atoms with E-state index in [1.54, 1.807) is 31.2 Å². The Bertz CT molecular complexity index is 700. The fourth-order valence-electron chi connectivity index (χ4n) is 1.85. The molecule has 114 valence electrons. The molecule has 5 heteroatoms. The number of carbonyl (C=O) groups is 2. The van der Waals surface area contributed by atoms with Crippen LogP contribution in [-0.2, 0) is 9.53 Å². The van der Waals surface area contributed by atoms with Crippen LogP contribution in [0.3, 0.4) is 0 Å². The van der Waals surface area contributed by atoms with Gasteiger partial charge in [0.1, 0.15) is 0 Å². The van der Waals surface area contributed by atoms with Crippen molar-refractivity contribution in [1.82, 2.24) is 0 Å². The number of carbonyl (C=O) groups excluding carboxylic acids is 2. The third-order valence-corrected chi connectivity index (χ3v) is 3.79. The topological polar surface area (TPSA) is 55.4 Å². The van der Waals surface area contributed by atoms with E-state index in [4.69, 9.17) is 4.74 Å². The van der Waals surface area contributed by atoms with Crippen molar-refractivity contribution in [3.8, 4) is 0 Å². The molecular formula is C17H16INO3. The fourth-order valence-corrected chi connectivity index (χ4v) is 2.39. The molecule has 22 heavy (non-hydrogen) atoms. The van der Waals surface area contributed by atoms with Gasteiger partial charge in [-0.05, 0) is 66.3 Å². The summed E-state index contributed by atoms with van der Waals surface area (Å²) in [6, 6.07) is 14.5. The maximum absolute atomic E-state index is 12.1. The zero-order chi connectivity index (χ0) is 16.1. The zero-order valence-electron chi connectivity index (χ0n) is 12.3. The lowest BCUT2D eigenvalue weighted by atomic mass is 10.2. The average molecular weight is 409 g/mol. The van der Waals surface area contributed by atoms with Gasteiger partial charge in [0.05, 0.1) is 5.56 Å². The van der Waals surface area contributed by atoms with Crippen LogP contribution in [0.25, 0.3) is 0 Å². The molecule has 0 aromatic heterocycles. The number of amides is 1. The normalized spacial score (nSPS) is 11.6. The molecule has 0 bridgehead atoms. The van der Waals surface area contributed by atoms with E-state index < -0.39 is 12.1 Å². The molecule has 2 aromatic carbocycles. The molecule has 0 fully saturated rings. The van der Waals surface area contributed by atoms with Crippen molar-refractivity contribution in [3.05, 3.63) is 63.2 Å². The van der Waals surface area contributed by atoms with Crippen molar-refractivity contribution in [2.75, 3.05) is 5.32 Å². The Hall–Kier alpha value is -1.89. The van der Waals surface area contributed by atoms with E-state index in [2.05, 4.69) is 27.9 Å². The summed E-state index contributed by atoms with van der Waals surface area (Å²) in [5.41, 5.74) is 2.10. The highest BCUT2D eigenvalue weighted by Gasteiger charge is 2.19. The lowest BCUT2D eigenvalue weighted by Crippen LogP contribution is -2.30. The number of hydrogen-bond donors (Lipinski definition) is 1. The quantitative estimate of drug-likeness (QED) is 0.618. The van der Waals surface area contributed by atoms with Crippen LogP contribution >= 0.6 is 22.6 Å². The van der Waals surface area contributed by atoms with Crippen molar-refractivity contribution < 1.29 is 14.3 Å². The predicted molar refractivity (Wildman–Crippen MR) is 93.8 cm³/mol. The second-order valence-electron chi connectivity index (χ2n) is 4.86. The summed E-state index contributed by atoms with van der Waals surface area (Å²) < 4.78 is 6.15. The van der Waals surface area contributed by atoms with Gasteiger partial charge in [0.25, 0.3) is 5.91 Å². The van der Waals surface area contributed by atoms with Crippen LogP contribution in [0.15, 0.2) is 48.5 Å². The largest absolute Gasteiger partial charge is 0.449 e. The Labute approximate surface area is 143 Å². The molecule has 1 atom stereocenters. The first-order valence-corrected chi connectivity index (χ1v) is 7.88. The number of ether oxygens (including phenoxy) is 1. The number of rotatable bonds is 4. The highest BCUT2D eigenvalue weighted by Crippen LogP contribution is 2.14. The molecular weight excluding hydrogens is 393 g/mol. The summed E-state index contributed by atoms with van der Waals surface area (Å²) >= 11 is 2.12. The van der Waals surface area contributed by atoms with Crippen molar-refractivity contribution >= 4 is 40.2 Å². The average Bonchev–Trinajstić information content (AvgIpc) is 2.49. The van der Waals surface area contributed by atoms with Crippen LogP contribution in [0.2, 0.25) is 0 Å². The first-order valence-electron chi connectivity index (χ1n) is 6.80. The summed E-state index contributed by atoms with van der Waals surface area (Å²) in [5.74, 6) is -0.862. The van der Waals surface area contributed by atoms with Crippen LogP contribution in [0.1, 0.15) is 22.8 Å². The van der Waals surface area contributed by atoms with Gasteiger partial charge in [-0.2, -0.15) is 0 Å². The van der Waals surface area contributed by atoms with Crippen molar-refractivity contribution in [3.63, 3.8) is 0 Å². The number of aryl methyl sites for hydroxylation is 1. The van der Waals surface area contributed by atoms with E-state index in [0.29, 0.717) is 11.3 Å². The number of nitrogens with one attached hydrogen (secondary N) is 1. The van der Waals surface area contributed by atoms with Gasteiger partial charge in [-0.1, -0.05) is 24.3 Å². The van der Waals surface area contributed by atoms with Gasteiger partial charge in [0, 0.05) is 9.26 Å². The maximum Gasteiger partial charge on any atom is 0.338 e. The van der Waals surface area contributed by atoms with Gasteiger partial charge in [-0.3, -0.25) is 4.79 Å². The van der Waals surface area contributed by atoms with Crippen LogP contribution in [0.5, 0.6) is 0 Å². The Balaban J connectivity index is 1.99. The van der Waals surface area contributed by atoms with Gasteiger partial charge >= 0.3 is 5.97 Å². The van der Waals surface area contributed by atoms with Crippen LogP contribution < -0.4 is 5.32 Å². The highest BCUT2D eigenvalue weighted by atomic mass is 127. The number of anilines is 1. The Morgan fingerprint density at radius 3 is 2.55 bits per heavy atom. The summed E-state index contributed by atoms with van der Waals surface area (Å²) in [7, 11) is 0.